The summed E-state index contributed by atoms with van der Waals surface area (Å²) in [6.45, 7) is 7.86. The van der Waals surface area contributed by atoms with Crippen LogP contribution in [0.3, 0.4) is 0 Å². The van der Waals surface area contributed by atoms with E-state index in [0.717, 1.165) is 12.2 Å². The lowest BCUT2D eigenvalue weighted by molar-refractivity contribution is 0.0804. The maximum absolute atomic E-state index is 5.66. The molecule has 90 valence electrons. The third kappa shape index (κ3) is 4.77. The highest BCUT2D eigenvalue weighted by molar-refractivity contribution is 6.28. The van der Waals surface area contributed by atoms with Crippen LogP contribution < -0.4 is 4.74 Å². The zero-order chi connectivity index (χ0) is 12.0. The van der Waals surface area contributed by atoms with Gasteiger partial charge in [0.2, 0.25) is 11.2 Å². The quantitative estimate of drug-likeness (QED) is 0.570. The summed E-state index contributed by atoms with van der Waals surface area (Å²) in [6.07, 6.45) is 1.64. The van der Waals surface area contributed by atoms with Crippen LogP contribution >= 0.6 is 11.6 Å². The second-order valence-corrected chi connectivity index (χ2v) is 4.28. The standard InChI is InChI=1S/C11H17ClN2O2/c1-8(2)7-15-4-5-16-10-9(3)6-13-11(12)14-10/h6,8H,4-5,7H2,1-3H3. The van der Waals surface area contributed by atoms with E-state index in [9.17, 15) is 0 Å². The Morgan fingerprint density at radius 3 is 2.81 bits per heavy atom. The summed E-state index contributed by atoms with van der Waals surface area (Å²) < 4.78 is 10.8. The first-order valence-electron chi connectivity index (χ1n) is 5.29. The molecule has 0 saturated heterocycles. The summed E-state index contributed by atoms with van der Waals surface area (Å²) in [6, 6.07) is 0. The molecule has 0 amide bonds. The topological polar surface area (TPSA) is 44.2 Å². The van der Waals surface area contributed by atoms with Crippen molar-refractivity contribution >= 4 is 11.6 Å². The fourth-order valence-corrected chi connectivity index (χ4v) is 1.19. The Labute approximate surface area is 101 Å². The largest absolute Gasteiger partial charge is 0.475 e. The lowest BCUT2D eigenvalue weighted by Crippen LogP contribution is -2.11. The first-order valence-corrected chi connectivity index (χ1v) is 5.67. The Kier molecular flexibility index (Phi) is 5.49. The van der Waals surface area contributed by atoms with Crippen LogP contribution in [0.2, 0.25) is 5.28 Å². The van der Waals surface area contributed by atoms with Crippen molar-refractivity contribution in [3.8, 4) is 5.88 Å². The molecule has 0 fully saturated rings. The zero-order valence-corrected chi connectivity index (χ0v) is 10.6. The van der Waals surface area contributed by atoms with Crippen molar-refractivity contribution in [3.63, 3.8) is 0 Å². The molecule has 5 heteroatoms. The van der Waals surface area contributed by atoms with Gasteiger partial charge in [0.1, 0.15) is 6.61 Å². The van der Waals surface area contributed by atoms with Crippen molar-refractivity contribution in [2.24, 2.45) is 5.92 Å². The van der Waals surface area contributed by atoms with Crippen molar-refractivity contribution in [1.29, 1.82) is 0 Å². The maximum atomic E-state index is 5.66. The molecule has 1 rings (SSSR count). The molecule has 0 aromatic carbocycles. The van der Waals surface area contributed by atoms with Gasteiger partial charge in [-0.3, -0.25) is 0 Å². The smallest absolute Gasteiger partial charge is 0.225 e. The van der Waals surface area contributed by atoms with Crippen molar-refractivity contribution in [3.05, 3.63) is 17.0 Å². The van der Waals surface area contributed by atoms with Gasteiger partial charge in [0, 0.05) is 18.4 Å². The Morgan fingerprint density at radius 1 is 1.38 bits per heavy atom. The molecular weight excluding hydrogens is 228 g/mol. The van der Waals surface area contributed by atoms with Gasteiger partial charge in [-0.2, -0.15) is 4.98 Å². The molecule has 0 aliphatic rings. The molecule has 0 spiro atoms. The fraction of sp³-hybridized carbons (Fsp3) is 0.636. The number of hydrogen-bond acceptors (Lipinski definition) is 4. The summed E-state index contributed by atoms with van der Waals surface area (Å²) in [5.41, 5.74) is 0.869. The number of nitrogens with zero attached hydrogens (tertiary/aromatic N) is 2. The van der Waals surface area contributed by atoms with Crippen LogP contribution in [0.15, 0.2) is 6.20 Å². The number of aryl methyl sites for hydroxylation is 1. The Balaban J connectivity index is 2.29. The molecular formula is C11H17ClN2O2. The molecule has 0 bridgehead atoms. The molecule has 1 heterocycles. The second kappa shape index (κ2) is 6.66. The molecule has 16 heavy (non-hydrogen) atoms. The van der Waals surface area contributed by atoms with Gasteiger partial charge in [0.25, 0.3) is 0 Å². The first kappa shape index (κ1) is 13.2. The van der Waals surface area contributed by atoms with E-state index in [2.05, 4.69) is 23.8 Å². The third-order valence-electron chi connectivity index (χ3n) is 1.81. The highest BCUT2D eigenvalue weighted by Crippen LogP contribution is 2.14. The third-order valence-corrected chi connectivity index (χ3v) is 2.00. The summed E-state index contributed by atoms with van der Waals surface area (Å²) in [5, 5.41) is 0.198. The summed E-state index contributed by atoms with van der Waals surface area (Å²) in [4.78, 5) is 7.83. The summed E-state index contributed by atoms with van der Waals surface area (Å²) in [5.74, 6) is 1.06. The minimum absolute atomic E-state index is 0.198. The second-order valence-electron chi connectivity index (χ2n) is 3.94. The minimum atomic E-state index is 0.198. The van der Waals surface area contributed by atoms with Gasteiger partial charge in [-0.05, 0) is 24.4 Å². The molecule has 4 nitrogen and oxygen atoms in total. The molecule has 0 atom stereocenters. The van der Waals surface area contributed by atoms with Gasteiger partial charge >= 0.3 is 0 Å². The van der Waals surface area contributed by atoms with E-state index in [0.29, 0.717) is 25.0 Å². The van der Waals surface area contributed by atoms with Crippen LogP contribution in [-0.4, -0.2) is 29.8 Å². The zero-order valence-electron chi connectivity index (χ0n) is 9.86. The molecule has 0 unspecified atom stereocenters. The van der Waals surface area contributed by atoms with Crippen LogP contribution in [0, 0.1) is 12.8 Å². The lowest BCUT2D eigenvalue weighted by Gasteiger charge is -2.09. The number of aromatic nitrogens is 2. The van der Waals surface area contributed by atoms with Gasteiger partial charge < -0.3 is 9.47 Å². The lowest BCUT2D eigenvalue weighted by atomic mass is 10.2. The molecule has 0 aliphatic carbocycles. The molecule has 0 aliphatic heterocycles. The van der Waals surface area contributed by atoms with E-state index in [4.69, 9.17) is 21.1 Å². The van der Waals surface area contributed by atoms with Crippen LogP contribution in [-0.2, 0) is 4.74 Å². The van der Waals surface area contributed by atoms with Crippen LogP contribution in [0.1, 0.15) is 19.4 Å². The highest BCUT2D eigenvalue weighted by Gasteiger charge is 2.03. The number of halogens is 1. The summed E-state index contributed by atoms with van der Waals surface area (Å²) >= 11 is 5.66. The molecule has 1 aromatic rings. The van der Waals surface area contributed by atoms with Crippen LogP contribution in [0.4, 0.5) is 0 Å². The molecule has 0 N–H and O–H groups in total. The van der Waals surface area contributed by atoms with E-state index >= 15 is 0 Å². The van der Waals surface area contributed by atoms with Crippen LogP contribution in [0.5, 0.6) is 5.88 Å². The number of hydrogen-bond donors (Lipinski definition) is 0. The van der Waals surface area contributed by atoms with Gasteiger partial charge in [0.15, 0.2) is 0 Å². The fourth-order valence-electron chi connectivity index (χ4n) is 1.07. The molecule has 1 aromatic heterocycles. The van der Waals surface area contributed by atoms with Crippen LogP contribution in [0.25, 0.3) is 0 Å². The molecule has 0 radical (unpaired) electrons. The van der Waals surface area contributed by atoms with Crippen molar-refractivity contribution < 1.29 is 9.47 Å². The summed E-state index contributed by atoms with van der Waals surface area (Å²) in [7, 11) is 0. The Morgan fingerprint density at radius 2 is 2.12 bits per heavy atom. The Bertz CT molecular complexity index is 332. The Hall–Kier alpha value is -0.870. The SMILES string of the molecule is Cc1cnc(Cl)nc1OCCOCC(C)C. The highest BCUT2D eigenvalue weighted by atomic mass is 35.5. The van der Waals surface area contributed by atoms with E-state index in [1.54, 1.807) is 6.20 Å². The maximum Gasteiger partial charge on any atom is 0.225 e. The molecule has 0 saturated carbocycles. The monoisotopic (exact) mass is 244 g/mol. The normalized spacial score (nSPS) is 10.8. The van der Waals surface area contributed by atoms with Gasteiger partial charge in [-0.25, -0.2) is 4.98 Å². The van der Waals surface area contributed by atoms with Crippen molar-refractivity contribution in [2.45, 2.75) is 20.8 Å². The van der Waals surface area contributed by atoms with Gasteiger partial charge in [-0.1, -0.05) is 13.8 Å². The van der Waals surface area contributed by atoms with Gasteiger partial charge in [0.05, 0.1) is 6.61 Å². The van der Waals surface area contributed by atoms with Crippen molar-refractivity contribution in [2.75, 3.05) is 19.8 Å². The van der Waals surface area contributed by atoms with E-state index in [1.165, 1.54) is 0 Å². The van der Waals surface area contributed by atoms with E-state index < -0.39 is 0 Å². The van der Waals surface area contributed by atoms with Gasteiger partial charge in [-0.15, -0.1) is 0 Å². The average molecular weight is 245 g/mol. The number of ether oxygens (including phenoxy) is 2. The van der Waals surface area contributed by atoms with E-state index in [-0.39, 0.29) is 5.28 Å². The predicted molar refractivity (Wildman–Crippen MR) is 62.9 cm³/mol. The minimum Gasteiger partial charge on any atom is -0.475 e. The first-order chi connectivity index (χ1) is 7.59. The average Bonchev–Trinajstić information content (AvgIpc) is 2.22. The number of rotatable bonds is 6. The predicted octanol–water partition coefficient (Wildman–Crippen LogP) is 2.49. The van der Waals surface area contributed by atoms with E-state index in [1.807, 2.05) is 6.92 Å². The van der Waals surface area contributed by atoms with Crippen molar-refractivity contribution in [1.82, 2.24) is 9.97 Å².